The third kappa shape index (κ3) is 3.40. The van der Waals surface area contributed by atoms with Crippen LogP contribution in [-0.2, 0) is 11.3 Å². The first-order valence-corrected chi connectivity index (χ1v) is 7.79. The van der Waals surface area contributed by atoms with Crippen molar-refractivity contribution in [3.63, 3.8) is 0 Å². The summed E-state index contributed by atoms with van der Waals surface area (Å²) in [6.45, 7) is 7.10. The Balaban J connectivity index is 1.55. The summed E-state index contributed by atoms with van der Waals surface area (Å²) < 4.78 is 0. The molecule has 1 aliphatic carbocycles. The second-order valence-electron chi connectivity index (χ2n) is 6.22. The summed E-state index contributed by atoms with van der Waals surface area (Å²) in [5, 5.41) is 0. The summed E-state index contributed by atoms with van der Waals surface area (Å²) in [6.07, 6.45) is 3.33. The zero-order valence-electron chi connectivity index (χ0n) is 12.3. The van der Waals surface area contributed by atoms with Gasteiger partial charge in [-0.25, -0.2) is 0 Å². The molecular formula is C17H24N2O. The van der Waals surface area contributed by atoms with Crippen LogP contribution in [0.5, 0.6) is 0 Å². The number of rotatable bonds is 3. The Labute approximate surface area is 121 Å². The normalized spacial score (nSPS) is 20.8. The standard InChI is InChI=1S/C17H24N2O/c1-14-4-2-5-15(12-14)13-18-8-3-9-19(11-10-18)17(20)16-6-7-16/h2,4-5,12,16H,3,6-11,13H2,1H3. The first-order chi connectivity index (χ1) is 9.72. The highest BCUT2D eigenvalue weighted by molar-refractivity contribution is 5.81. The van der Waals surface area contributed by atoms with Crippen molar-refractivity contribution in [2.45, 2.75) is 32.7 Å². The Morgan fingerprint density at radius 2 is 2.05 bits per heavy atom. The maximum absolute atomic E-state index is 12.1. The minimum Gasteiger partial charge on any atom is -0.341 e. The number of benzene rings is 1. The highest BCUT2D eigenvalue weighted by Crippen LogP contribution is 2.31. The van der Waals surface area contributed by atoms with E-state index in [9.17, 15) is 4.79 Å². The topological polar surface area (TPSA) is 23.6 Å². The molecular weight excluding hydrogens is 248 g/mol. The molecule has 3 nitrogen and oxygen atoms in total. The van der Waals surface area contributed by atoms with Gasteiger partial charge in [-0.2, -0.15) is 0 Å². The van der Waals surface area contributed by atoms with Crippen LogP contribution in [-0.4, -0.2) is 41.9 Å². The molecule has 0 spiro atoms. The molecule has 1 saturated carbocycles. The number of aryl methyl sites for hydroxylation is 1. The largest absolute Gasteiger partial charge is 0.341 e. The van der Waals surface area contributed by atoms with Crippen molar-refractivity contribution in [2.24, 2.45) is 5.92 Å². The molecule has 1 saturated heterocycles. The third-order valence-electron chi connectivity index (χ3n) is 4.32. The molecule has 0 radical (unpaired) electrons. The Bertz CT molecular complexity index is 482. The lowest BCUT2D eigenvalue weighted by Gasteiger charge is -2.22. The van der Waals surface area contributed by atoms with Gasteiger partial charge in [-0.1, -0.05) is 29.8 Å². The van der Waals surface area contributed by atoms with Crippen LogP contribution in [0, 0.1) is 12.8 Å². The predicted octanol–water partition coefficient (Wildman–Crippen LogP) is 2.44. The summed E-state index contributed by atoms with van der Waals surface area (Å²) in [5.41, 5.74) is 2.70. The van der Waals surface area contributed by atoms with Crippen molar-refractivity contribution < 1.29 is 4.79 Å². The maximum Gasteiger partial charge on any atom is 0.225 e. The predicted molar refractivity (Wildman–Crippen MR) is 80.4 cm³/mol. The van der Waals surface area contributed by atoms with Crippen molar-refractivity contribution >= 4 is 5.91 Å². The maximum atomic E-state index is 12.1. The van der Waals surface area contributed by atoms with Crippen LogP contribution in [0.1, 0.15) is 30.4 Å². The van der Waals surface area contributed by atoms with Gasteiger partial charge in [0.05, 0.1) is 0 Å². The highest BCUT2D eigenvalue weighted by Gasteiger charge is 2.33. The van der Waals surface area contributed by atoms with Crippen molar-refractivity contribution in [3.05, 3.63) is 35.4 Å². The minimum atomic E-state index is 0.360. The van der Waals surface area contributed by atoms with E-state index >= 15 is 0 Å². The Hall–Kier alpha value is -1.35. The van der Waals surface area contributed by atoms with Crippen LogP contribution in [0.25, 0.3) is 0 Å². The number of carbonyl (C=O) groups excluding carboxylic acids is 1. The summed E-state index contributed by atoms with van der Waals surface area (Å²) in [4.78, 5) is 16.7. The van der Waals surface area contributed by atoms with E-state index in [0.29, 0.717) is 11.8 Å². The monoisotopic (exact) mass is 272 g/mol. The van der Waals surface area contributed by atoms with Gasteiger partial charge in [0.25, 0.3) is 0 Å². The molecule has 2 aliphatic rings. The first-order valence-electron chi connectivity index (χ1n) is 7.79. The van der Waals surface area contributed by atoms with Crippen molar-refractivity contribution in [1.29, 1.82) is 0 Å². The van der Waals surface area contributed by atoms with Crippen LogP contribution >= 0.6 is 0 Å². The molecule has 108 valence electrons. The number of carbonyl (C=O) groups is 1. The van der Waals surface area contributed by atoms with E-state index in [0.717, 1.165) is 52.0 Å². The van der Waals surface area contributed by atoms with Crippen molar-refractivity contribution in [3.8, 4) is 0 Å². The van der Waals surface area contributed by atoms with Gasteiger partial charge in [0.15, 0.2) is 0 Å². The zero-order chi connectivity index (χ0) is 13.9. The lowest BCUT2D eigenvalue weighted by Crippen LogP contribution is -2.35. The van der Waals surface area contributed by atoms with E-state index in [1.807, 2.05) is 0 Å². The average molecular weight is 272 g/mol. The minimum absolute atomic E-state index is 0.360. The fourth-order valence-corrected chi connectivity index (χ4v) is 3.01. The van der Waals surface area contributed by atoms with Crippen LogP contribution in [0.3, 0.4) is 0 Å². The van der Waals surface area contributed by atoms with Gasteiger partial charge in [-0.05, 0) is 31.7 Å². The Morgan fingerprint density at radius 1 is 1.20 bits per heavy atom. The van der Waals surface area contributed by atoms with Gasteiger partial charge in [-0.3, -0.25) is 9.69 Å². The summed E-state index contributed by atoms with van der Waals surface area (Å²) in [7, 11) is 0. The van der Waals surface area contributed by atoms with E-state index in [1.54, 1.807) is 0 Å². The Kier molecular flexibility index (Phi) is 4.06. The van der Waals surface area contributed by atoms with Gasteiger partial charge >= 0.3 is 0 Å². The number of nitrogens with zero attached hydrogens (tertiary/aromatic N) is 2. The fraction of sp³-hybridized carbons (Fsp3) is 0.588. The molecule has 1 aromatic rings. The van der Waals surface area contributed by atoms with Crippen LogP contribution in [0.4, 0.5) is 0 Å². The van der Waals surface area contributed by atoms with E-state index in [-0.39, 0.29) is 0 Å². The quantitative estimate of drug-likeness (QED) is 0.844. The molecule has 1 amide bonds. The molecule has 0 aromatic heterocycles. The highest BCUT2D eigenvalue weighted by atomic mass is 16.2. The first kappa shape index (κ1) is 13.6. The molecule has 0 atom stereocenters. The Morgan fingerprint density at radius 3 is 2.80 bits per heavy atom. The molecule has 0 N–H and O–H groups in total. The van der Waals surface area contributed by atoms with Gasteiger partial charge in [0, 0.05) is 38.6 Å². The number of amides is 1. The zero-order valence-corrected chi connectivity index (χ0v) is 12.3. The molecule has 2 fully saturated rings. The van der Waals surface area contributed by atoms with Gasteiger partial charge in [0.1, 0.15) is 0 Å². The van der Waals surface area contributed by atoms with E-state index in [4.69, 9.17) is 0 Å². The lowest BCUT2D eigenvalue weighted by molar-refractivity contribution is -0.132. The second-order valence-corrected chi connectivity index (χ2v) is 6.22. The molecule has 3 rings (SSSR count). The molecule has 1 aliphatic heterocycles. The fourth-order valence-electron chi connectivity index (χ4n) is 3.01. The summed E-state index contributed by atoms with van der Waals surface area (Å²) >= 11 is 0. The van der Waals surface area contributed by atoms with Gasteiger partial charge < -0.3 is 4.90 Å². The number of hydrogen-bond acceptors (Lipinski definition) is 2. The summed E-state index contributed by atoms with van der Waals surface area (Å²) in [5.74, 6) is 0.765. The van der Waals surface area contributed by atoms with E-state index < -0.39 is 0 Å². The van der Waals surface area contributed by atoms with Crippen molar-refractivity contribution in [2.75, 3.05) is 26.2 Å². The van der Waals surface area contributed by atoms with Crippen LogP contribution in [0.15, 0.2) is 24.3 Å². The average Bonchev–Trinajstić information content (AvgIpc) is 3.26. The van der Waals surface area contributed by atoms with Crippen molar-refractivity contribution in [1.82, 2.24) is 9.80 Å². The SMILES string of the molecule is Cc1cccc(CN2CCCN(C(=O)C3CC3)CC2)c1. The summed E-state index contributed by atoms with van der Waals surface area (Å²) in [6, 6.07) is 8.73. The molecule has 3 heteroatoms. The third-order valence-corrected chi connectivity index (χ3v) is 4.32. The number of hydrogen-bond donors (Lipinski definition) is 0. The smallest absolute Gasteiger partial charge is 0.225 e. The lowest BCUT2D eigenvalue weighted by atomic mass is 10.1. The molecule has 1 aromatic carbocycles. The second kappa shape index (κ2) is 5.96. The van der Waals surface area contributed by atoms with E-state index in [1.165, 1.54) is 11.1 Å². The van der Waals surface area contributed by atoms with E-state index in [2.05, 4.69) is 41.0 Å². The molecule has 0 bridgehead atoms. The van der Waals surface area contributed by atoms with Crippen LogP contribution in [0.2, 0.25) is 0 Å². The van der Waals surface area contributed by atoms with Gasteiger partial charge in [0.2, 0.25) is 5.91 Å². The molecule has 1 heterocycles. The molecule has 0 unspecified atom stereocenters. The van der Waals surface area contributed by atoms with Gasteiger partial charge in [-0.15, -0.1) is 0 Å². The van der Waals surface area contributed by atoms with Crippen LogP contribution < -0.4 is 0 Å². The molecule has 20 heavy (non-hydrogen) atoms.